The van der Waals surface area contributed by atoms with Crippen molar-refractivity contribution in [1.29, 1.82) is 0 Å². The first kappa shape index (κ1) is 9.85. The second-order valence-corrected chi connectivity index (χ2v) is 4.59. The molecule has 14 heavy (non-hydrogen) atoms. The van der Waals surface area contributed by atoms with Crippen molar-refractivity contribution in [2.24, 2.45) is 0 Å². The zero-order valence-corrected chi connectivity index (χ0v) is 9.34. The number of halogens is 1. The van der Waals surface area contributed by atoms with Gasteiger partial charge in [0, 0.05) is 5.02 Å². The molecular formula is C12H15ClO. The van der Waals surface area contributed by atoms with E-state index in [4.69, 9.17) is 16.3 Å². The van der Waals surface area contributed by atoms with Crippen LogP contribution in [0.3, 0.4) is 0 Å². The van der Waals surface area contributed by atoms with Gasteiger partial charge in [-0.05, 0) is 42.5 Å². The van der Waals surface area contributed by atoms with E-state index in [2.05, 4.69) is 13.8 Å². The van der Waals surface area contributed by atoms with Crippen LogP contribution in [-0.4, -0.2) is 6.10 Å². The SMILES string of the molecule is CC(C)c1cc(Cl)ccc1OC1CC1. The maximum absolute atomic E-state index is 5.96. The molecule has 1 aliphatic rings. The highest BCUT2D eigenvalue weighted by Crippen LogP contribution is 2.34. The first-order valence-electron chi connectivity index (χ1n) is 5.13. The van der Waals surface area contributed by atoms with Crippen LogP contribution in [0.5, 0.6) is 5.75 Å². The maximum atomic E-state index is 5.96. The highest BCUT2D eigenvalue weighted by Gasteiger charge is 2.24. The molecular weight excluding hydrogens is 196 g/mol. The summed E-state index contributed by atoms with van der Waals surface area (Å²) in [4.78, 5) is 0. The molecule has 1 saturated carbocycles. The molecule has 0 radical (unpaired) electrons. The molecule has 2 rings (SSSR count). The summed E-state index contributed by atoms with van der Waals surface area (Å²) in [6, 6.07) is 5.88. The standard InChI is InChI=1S/C12H15ClO/c1-8(2)11-7-9(13)3-6-12(11)14-10-4-5-10/h3,6-8,10H,4-5H2,1-2H3. The van der Waals surface area contributed by atoms with Crippen molar-refractivity contribution >= 4 is 11.6 Å². The summed E-state index contributed by atoms with van der Waals surface area (Å²) in [5, 5.41) is 0.789. The normalized spacial score (nSPS) is 16.0. The molecule has 0 amide bonds. The van der Waals surface area contributed by atoms with Crippen molar-refractivity contribution in [3.63, 3.8) is 0 Å². The smallest absolute Gasteiger partial charge is 0.123 e. The highest BCUT2D eigenvalue weighted by molar-refractivity contribution is 6.30. The van der Waals surface area contributed by atoms with E-state index >= 15 is 0 Å². The lowest BCUT2D eigenvalue weighted by Gasteiger charge is -2.13. The second-order valence-electron chi connectivity index (χ2n) is 4.15. The van der Waals surface area contributed by atoms with Gasteiger partial charge in [0.2, 0.25) is 0 Å². The van der Waals surface area contributed by atoms with E-state index in [0.717, 1.165) is 10.8 Å². The number of ether oxygens (including phenoxy) is 1. The fourth-order valence-corrected chi connectivity index (χ4v) is 1.62. The van der Waals surface area contributed by atoms with Crippen molar-refractivity contribution in [1.82, 2.24) is 0 Å². The summed E-state index contributed by atoms with van der Waals surface area (Å²) in [5.74, 6) is 1.47. The van der Waals surface area contributed by atoms with Crippen molar-refractivity contribution in [3.05, 3.63) is 28.8 Å². The van der Waals surface area contributed by atoms with E-state index in [1.165, 1.54) is 18.4 Å². The molecule has 0 bridgehead atoms. The Kier molecular flexibility index (Phi) is 2.69. The third-order valence-corrected chi connectivity index (χ3v) is 2.65. The van der Waals surface area contributed by atoms with Crippen LogP contribution in [-0.2, 0) is 0 Å². The monoisotopic (exact) mass is 210 g/mol. The molecule has 76 valence electrons. The van der Waals surface area contributed by atoms with Gasteiger partial charge < -0.3 is 4.74 Å². The third kappa shape index (κ3) is 2.21. The van der Waals surface area contributed by atoms with Crippen LogP contribution in [0.1, 0.15) is 38.2 Å². The van der Waals surface area contributed by atoms with Crippen molar-refractivity contribution in [2.75, 3.05) is 0 Å². The van der Waals surface area contributed by atoms with Gasteiger partial charge in [-0.3, -0.25) is 0 Å². The second kappa shape index (κ2) is 3.82. The van der Waals surface area contributed by atoms with E-state index in [-0.39, 0.29) is 0 Å². The Morgan fingerprint density at radius 2 is 2.07 bits per heavy atom. The van der Waals surface area contributed by atoms with Gasteiger partial charge in [-0.1, -0.05) is 25.4 Å². The Hall–Kier alpha value is -0.690. The molecule has 1 nitrogen and oxygen atoms in total. The fourth-order valence-electron chi connectivity index (χ4n) is 1.44. The minimum absolute atomic E-state index is 0.452. The molecule has 1 aliphatic carbocycles. The van der Waals surface area contributed by atoms with Gasteiger partial charge in [0.15, 0.2) is 0 Å². The average Bonchev–Trinajstić information content (AvgIpc) is 2.91. The van der Waals surface area contributed by atoms with Crippen LogP contribution < -0.4 is 4.74 Å². The van der Waals surface area contributed by atoms with E-state index in [0.29, 0.717) is 12.0 Å². The Morgan fingerprint density at radius 3 is 2.64 bits per heavy atom. The maximum Gasteiger partial charge on any atom is 0.123 e. The molecule has 0 aliphatic heterocycles. The summed E-state index contributed by atoms with van der Waals surface area (Å²) in [5.41, 5.74) is 1.21. The van der Waals surface area contributed by atoms with Crippen LogP contribution in [0.15, 0.2) is 18.2 Å². The van der Waals surface area contributed by atoms with E-state index in [1.807, 2.05) is 18.2 Å². The van der Waals surface area contributed by atoms with Crippen LogP contribution in [0.25, 0.3) is 0 Å². The zero-order valence-electron chi connectivity index (χ0n) is 8.59. The number of hydrogen-bond acceptors (Lipinski definition) is 1. The van der Waals surface area contributed by atoms with Crippen molar-refractivity contribution < 1.29 is 4.74 Å². The van der Waals surface area contributed by atoms with Gasteiger partial charge in [-0.15, -0.1) is 0 Å². The van der Waals surface area contributed by atoms with Gasteiger partial charge in [0.25, 0.3) is 0 Å². The van der Waals surface area contributed by atoms with Crippen LogP contribution >= 0.6 is 11.6 Å². The fraction of sp³-hybridized carbons (Fsp3) is 0.500. The van der Waals surface area contributed by atoms with E-state index in [9.17, 15) is 0 Å². The predicted octanol–water partition coefficient (Wildman–Crippen LogP) is 4.00. The first-order valence-corrected chi connectivity index (χ1v) is 5.50. The molecule has 0 saturated heterocycles. The summed E-state index contributed by atoms with van der Waals surface area (Å²) in [6.45, 7) is 4.32. The lowest BCUT2D eigenvalue weighted by Crippen LogP contribution is -2.00. The predicted molar refractivity (Wildman–Crippen MR) is 59.2 cm³/mol. The molecule has 1 fully saturated rings. The van der Waals surface area contributed by atoms with Crippen LogP contribution in [0, 0.1) is 0 Å². The molecule has 1 aromatic rings. The van der Waals surface area contributed by atoms with Crippen molar-refractivity contribution in [2.45, 2.75) is 38.7 Å². The van der Waals surface area contributed by atoms with E-state index in [1.54, 1.807) is 0 Å². The minimum Gasteiger partial charge on any atom is -0.490 e. The van der Waals surface area contributed by atoms with Gasteiger partial charge in [-0.2, -0.15) is 0 Å². The Bertz CT molecular complexity index is 329. The van der Waals surface area contributed by atoms with Crippen LogP contribution in [0.2, 0.25) is 5.02 Å². The molecule has 0 N–H and O–H groups in total. The topological polar surface area (TPSA) is 9.23 Å². The number of rotatable bonds is 3. The zero-order chi connectivity index (χ0) is 10.1. The summed E-state index contributed by atoms with van der Waals surface area (Å²) < 4.78 is 5.81. The Balaban J connectivity index is 2.26. The lowest BCUT2D eigenvalue weighted by molar-refractivity contribution is 0.299. The molecule has 0 spiro atoms. The summed E-state index contributed by atoms with van der Waals surface area (Å²) in [7, 11) is 0. The largest absolute Gasteiger partial charge is 0.490 e. The van der Waals surface area contributed by atoms with Gasteiger partial charge in [-0.25, -0.2) is 0 Å². The molecule has 1 aromatic carbocycles. The Labute approximate surface area is 90.0 Å². The molecule has 0 unspecified atom stereocenters. The van der Waals surface area contributed by atoms with Gasteiger partial charge in [0.05, 0.1) is 6.10 Å². The molecule has 0 atom stereocenters. The number of benzene rings is 1. The van der Waals surface area contributed by atoms with Gasteiger partial charge >= 0.3 is 0 Å². The summed E-state index contributed by atoms with van der Waals surface area (Å²) in [6.07, 6.45) is 2.84. The Morgan fingerprint density at radius 1 is 1.36 bits per heavy atom. The molecule has 0 aromatic heterocycles. The quantitative estimate of drug-likeness (QED) is 0.733. The summed E-state index contributed by atoms with van der Waals surface area (Å²) >= 11 is 5.96. The van der Waals surface area contributed by atoms with Crippen LogP contribution in [0.4, 0.5) is 0 Å². The minimum atomic E-state index is 0.452. The third-order valence-electron chi connectivity index (χ3n) is 2.41. The molecule has 2 heteroatoms. The van der Waals surface area contributed by atoms with E-state index < -0.39 is 0 Å². The number of hydrogen-bond donors (Lipinski definition) is 0. The van der Waals surface area contributed by atoms with Crippen molar-refractivity contribution in [3.8, 4) is 5.75 Å². The molecule has 0 heterocycles. The van der Waals surface area contributed by atoms with Gasteiger partial charge in [0.1, 0.15) is 5.75 Å². The average molecular weight is 211 g/mol. The first-order chi connectivity index (χ1) is 6.66. The highest BCUT2D eigenvalue weighted by atomic mass is 35.5. The lowest BCUT2D eigenvalue weighted by atomic mass is 10.0.